The molecular weight excluding hydrogens is 434 g/mol. The zero-order valence-corrected chi connectivity index (χ0v) is 18.3. The zero-order chi connectivity index (χ0) is 22.3. The van der Waals surface area contributed by atoms with E-state index in [1.54, 1.807) is 42.5 Å². The van der Waals surface area contributed by atoms with Crippen molar-refractivity contribution in [2.24, 2.45) is 5.73 Å². The molecule has 156 valence electrons. The monoisotopic (exact) mass is 451 g/mol. The average molecular weight is 452 g/mol. The molecule has 1 aliphatic heterocycles. The van der Waals surface area contributed by atoms with Crippen LogP contribution in [0.4, 0.5) is 10.5 Å². The Kier molecular flexibility index (Phi) is 5.47. The molecular formula is C23H18ClN3O3S. The minimum Gasteiger partial charge on any atom is -0.366 e. The van der Waals surface area contributed by atoms with Crippen LogP contribution in [0.25, 0.3) is 11.8 Å². The highest BCUT2D eigenvalue weighted by atomic mass is 35.5. The molecule has 0 aliphatic carbocycles. The molecule has 0 saturated carbocycles. The summed E-state index contributed by atoms with van der Waals surface area (Å²) >= 11 is 6.91. The van der Waals surface area contributed by atoms with Gasteiger partial charge in [0.1, 0.15) is 0 Å². The van der Waals surface area contributed by atoms with Crippen molar-refractivity contribution in [1.29, 1.82) is 0 Å². The Morgan fingerprint density at radius 2 is 1.74 bits per heavy atom. The second kappa shape index (κ2) is 8.09. The molecule has 0 unspecified atom stereocenters. The summed E-state index contributed by atoms with van der Waals surface area (Å²) in [5, 5.41) is 0.0841. The van der Waals surface area contributed by atoms with Crippen LogP contribution < -0.4 is 10.6 Å². The van der Waals surface area contributed by atoms with Gasteiger partial charge in [-0.2, -0.15) is 0 Å². The molecule has 31 heavy (non-hydrogen) atoms. The summed E-state index contributed by atoms with van der Waals surface area (Å²) in [6, 6.07) is 15.6. The van der Waals surface area contributed by atoms with Gasteiger partial charge in [-0.05, 0) is 85.8 Å². The van der Waals surface area contributed by atoms with Crippen LogP contribution in [-0.2, 0) is 4.79 Å². The Balaban J connectivity index is 1.68. The van der Waals surface area contributed by atoms with Gasteiger partial charge in [-0.3, -0.25) is 14.4 Å². The molecule has 1 aliphatic rings. The second-order valence-electron chi connectivity index (χ2n) is 7.07. The number of benzene rings is 2. The van der Waals surface area contributed by atoms with E-state index in [0.717, 1.165) is 39.3 Å². The molecule has 1 aromatic heterocycles. The fourth-order valence-electron chi connectivity index (χ4n) is 3.55. The molecule has 8 heteroatoms. The second-order valence-corrected chi connectivity index (χ2v) is 8.50. The van der Waals surface area contributed by atoms with Crippen molar-refractivity contribution < 1.29 is 14.4 Å². The van der Waals surface area contributed by atoms with Gasteiger partial charge in [-0.1, -0.05) is 17.7 Å². The summed E-state index contributed by atoms with van der Waals surface area (Å²) in [4.78, 5) is 38.2. The molecule has 2 heterocycles. The number of hydrogen-bond acceptors (Lipinski definition) is 4. The maximum Gasteiger partial charge on any atom is 0.298 e. The molecule has 0 bridgehead atoms. The predicted octanol–water partition coefficient (Wildman–Crippen LogP) is 5.09. The van der Waals surface area contributed by atoms with E-state index in [-0.39, 0.29) is 11.1 Å². The molecule has 3 aromatic rings. The highest BCUT2D eigenvalue weighted by Crippen LogP contribution is 2.37. The molecule has 6 nitrogen and oxygen atoms in total. The third kappa shape index (κ3) is 3.89. The van der Waals surface area contributed by atoms with Crippen molar-refractivity contribution in [3.8, 4) is 5.69 Å². The Hall–Kier alpha value is -3.29. The lowest BCUT2D eigenvalue weighted by molar-refractivity contribution is -0.113. The average Bonchev–Trinajstić information content (AvgIpc) is 3.16. The van der Waals surface area contributed by atoms with Crippen molar-refractivity contribution in [3.63, 3.8) is 0 Å². The van der Waals surface area contributed by atoms with Crippen molar-refractivity contribution in [3.05, 3.63) is 87.0 Å². The SMILES string of the molecule is Cc1cc(/C=C2/SC(=O)N(c3cccc(Cl)c3)C2=O)c(C)n1-c1ccc(C(N)=O)cc1. The number of nitrogens with two attached hydrogens (primary N) is 1. The highest BCUT2D eigenvalue weighted by molar-refractivity contribution is 8.19. The lowest BCUT2D eigenvalue weighted by Gasteiger charge is -2.12. The summed E-state index contributed by atoms with van der Waals surface area (Å²) in [7, 11) is 0. The number of amides is 3. The molecule has 1 saturated heterocycles. The first-order valence-corrected chi connectivity index (χ1v) is 10.6. The molecule has 0 atom stereocenters. The Labute approximate surface area is 188 Å². The van der Waals surface area contributed by atoms with Crippen LogP contribution in [0.5, 0.6) is 0 Å². The Morgan fingerprint density at radius 1 is 1.03 bits per heavy atom. The van der Waals surface area contributed by atoms with E-state index in [1.165, 1.54) is 0 Å². The van der Waals surface area contributed by atoms with E-state index in [9.17, 15) is 14.4 Å². The maximum absolute atomic E-state index is 12.9. The van der Waals surface area contributed by atoms with Crippen LogP contribution in [0, 0.1) is 13.8 Å². The molecule has 3 amide bonds. The van der Waals surface area contributed by atoms with Crippen LogP contribution in [0.1, 0.15) is 27.3 Å². The van der Waals surface area contributed by atoms with Gasteiger partial charge in [0.05, 0.1) is 10.6 Å². The largest absolute Gasteiger partial charge is 0.366 e. The smallest absolute Gasteiger partial charge is 0.298 e. The fraction of sp³-hybridized carbons (Fsp3) is 0.0870. The van der Waals surface area contributed by atoms with E-state index in [2.05, 4.69) is 0 Å². The number of thioether (sulfide) groups is 1. The Morgan fingerprint density at radius 3 is 2.39 bits per heavy atom. The first-order chi connectivity index (χ1) is 14.8. The van der Waals surface area contributed by atoms with E-state index in [1.807, 2.05) is 36.6 Å². The molecule has 1 fully saturated rings. The number of carbonyl (C=O) groups excluding carboxylic acids is 3. The van der Waals surface area contributed by atoms with Crippen LogP contribution in [-0.4, -0.2) is 21.6 Å². The van der Waals surface area contributed by atoms with Crippen molar-refractivity contribution in [2.45, 2.75) is 13.8 Å². The van der Waals surface area contributed by atoms with Crippen LogP contribution in [0.15, 0.2) is 59.5 Å². The molecule has 2 aromatic carbocycles. The van der Waals surface area contributed by atoms with Gasteiger partial charge >= 0.3 is 0 Å². The van der Waals surface area contributed by atoms with Gasteiger partial charge < -0.3 is 10.3 Å². The van der Waals surface area contributed by atoms with Crippen molar-refractivity contribution in [1.82, 2.24) is 4.57 Å². The predicted molar refractivity (Wildman–Crippen MR) is 124 cm³/mol. The van der Waals surface area contributed by atoms with Gasteiger partial charge in [0, 0.05) is 27.7 Å². The van der Waals surface area contributed by atoms with Gasteiger partial charge in [-0.15, -0.1) is 0 Å². The lowest BCUT2D eigenvalue weighted by Crippen LogP contribution is -2.27. The van der Waals surface area contributed by atoms with Gasteiger partial charge in [0.15, 0.2) is 0 Å². The van der Waals surface area contributed by atoms with Crippen molar-refractivity contribution in [2.75, 3.05) is 4.90 Å². The first kappa shape index (κ1) is 21.0. The van der Waals surface area contributed by atoms with E-state index < -0.39 is 5.91 Å². The van der Waals surface area contributed by atoms with Gasteiger partial charge in [-0.25, -0.2) is 4.90 Å². The van der Waals surface area contributed by atoms with E-state index in [0.29, 0.717) is 21.2 Å². The summed E-state index contributed by atoms with van der Waals surface area (Å²) in [6.07, 6.45) is 1.73. The number of primary amides is 1. The third-order valence-electron chi connectivity index (χ3n) is 5.03. The van der Waals surface area contributed by atoms with Crippen LogP contribution in [0.3, 0.4) is 0 Å². The number of rotatable bonds is 4. The number of imide groups is 1. The highest BCUT2D eigenvalue weighted by Gasteiger charge is 2.36. The molecule has 0 spiro atoms. The topological polar surface area (TPSA) is 85.4 Å². The maximum atomic E-state index is 12.9. The minimum absolute atomic E-state index is 0.342. The van der Waals surface area contributed by atoms with Gasteiger partial charge in [0.2, 0.25) is 5.91 Å². The summed E-state index contributed by atoms with van der Waals surface area (Å²) in [6.45, 7) is 3.88. The van der Waals surface area contributed by atoms with Crippen molar-refractivity contribution >= 4 is 52.2 Å². The van der Waals surface area contributed by atoms with E-state index in [4.69, 9.17) is 17.3 Å². The molecule has 2 N–H and O–H groups in total. The zero-order valence-electron chi connectivity index (χ0n) is 16.8. The number of aryl methyl sites for hydroxylation is 1. The number of halogens is 1. The summed E-state index contributed by atoms with van der Waals surface area (Å²) in [5.41, 5.74) is 9.74. The first-order valence-electron chi connectivity index (χ1n) is 9.39. The summed E-state index contributed by atoms with van der Waals surface area (Å²) < 4.78 is 2.01. The fourth-order valence-corrected chi connectivity index (χ4v) is 4.57. The number of hydrogen-bond donors (Lipinski definition) is 1. The normalized spacial score (nSPS) is 15.2. The van der Waals surface area contributed by atoms with Crippen LogP contribution >= 0.6 is 23.4 Å². The summed E-state index contributed by atoms with van der Waals surface area (Å²) in [5.74, 6) is -0.864. The molecule has 4 rings (SSSR count). The molecule has 0 radical (unpaired) electrons. The van der Waals surface area contributed by atoms with Gasteiger partial charge in [0.25, 0.3) is 11.1 Å². The van der Waals surface area contributed by atoms with E-state index >= 15 is 0 Å². The Bertz CT molecular complexity index is 1260. The third-order valence-corrected chi connectivity index (χ3v) is 6.13. The number of nitrogens with zero attached hydrogens (tertiary/aromatic N) is 2. The number of carbonyl (C=O) groups is 3. The van der Waals surface area contributed by atoms with Crippen LogP contribution in [0.2, 0.25) is 5.02 Å². The lowest BCUT2D eigenvalue weighted by atomic mass is 10.2. The standard InChI is InChI=1S/C23H18ClN3O3S/c1-13-10-16(14(2)26(13)18-8-6-15(7-9-18)21(25)28)11-20-22(29)27(23(30)31-20)19-5-3-4-17(24)12-19/h3-12H,1-2H3,(H2,25,28)/b20-11+. The minimum atomic E-state index is -0.483. The quantitative estimate of drug-likeness (QED) is 0.560. The number of anilines is 1. The number of aromatic nitrogens is 1.